The fourth-order valence-corrected chi connectivity index (χ4v) is 4.78. The summed E-state index contributed by atoms with van der Waals surface area (Å²) in [5.41, 5.74) is 5.04. The van der Waals surface area contributed by atoms with Gasteiger partial charge in [-0.15, -0.1) is 21.5 Å². The van der Waals surface area contributed by atoms with Crippen molar-refractivity contribution in [2.75, 3.05) is 11.1 Å². The molecule has 5 aromatic rings. The Labute approximate surface area is 219 Å². The molecule has 0 unspecified atom stereocenters. The molecule has 0 bridgehead atoms. The number of hydrogen-bond donors (Lipinski definition) is 1. The fraction of sp³-hybridized carbons (Fsp3) is 0.0741. The van der Waals surface area contributed by atoms with Crippen molar-refractivity contribution in [3.63, 3.8) is 0 Å². The van der Waals surface area contributed by atoms with Gasteiger partial charge in [0.2, 0.25) is 11.1 Å². The number of carbonyl (C=O) groups is 1. The number of thiazole rings is 1. The molecule has 2 aromatic heterocycles. The first kappa shape index (κ1) is 24.7. The Morgan fingerprint density at radius 1 is 0.811 bits per heavy atom. The largest absolute Gasteiger partial charge is 0.301 e. The smallest absolute Gasteiger partial charge is 0.236 e. The molecule has 3 aromatic carbocycles. The molecule has 0 aliphatic heterocycles. The fourth-order valence-electron chi connectivity index (χ4n) is 3.46. The molecule has 10 heteroatoms. The van der Waals surface area contributed by atoms with Crippen molar-refractivity contribution < 1.29 is 13.6 Å². The molecular formula is C27H19F2N5OS2. The average molecular weight is 532 g/mol. The molecule has 0 saturated heterocycles. The SMILES string of the molecule is Cc1ccc(-c2csc(NC(=O)CSc3nnc(-c4ccc(F)cc4)c(-c4ccc(F)cc4)n3)n2)cc1. The normalized spacial score (nSPS) is 10.9. The lowest BCUT2D eigenvalue weighted by Gasteiger charge is -2.09. The van der Waals surface area contributed by atoms with E-state index in [1.807, 2.05) is 36.6 Å². The molecule has 1 N–H and O–H groups in total. The number of aromatic nitrogens is 4. The van der Waals surface area contributed by atoms with E-state index < -0.39 is 0 Å². The minimum Gasteiger partial charge on any atom is -0.301 e. The number of thioether (sulfide) groups is 1. The molecule has 184 valence electrons. The summed E-state index contributed by atoms with van der Waals surface area (Å²) in [7, 11) is 0. The molecule has 0 atom stereocenters. The molecule has 1 amide bonds. The summed E-state index contributed by atoms with van der Waals surface area (Å²) in [6.45, 7) is 2.02. The Morgan fingerprint density at radius 2 is 1.41 bits per heavy atom. The minimum absolute atomic E-state index is 0.0415. The first-order valence-electron chi connectivity index (χ1n) is 11.2. The molecule has 0 aliphatic rings. The number of anilines is 1. The van der Waals surface area contributed by atoms with E-state index in [1.54, 1.807) is 24.3 Å². The Hall–Kier alpha value is -4.02. The number of halogens is 2. The standard InChI is InChI=1S/C27H19F2N5OS2/c1-16-2-4-17(5-3-16)22-14-36-26(30-22)31-23(35)15-37-27-32-24(18-6-10-20(28)11-7-18)25(33-34-27)19-8-12-21(29)13-9-19/h2-14H,15H2,1H3,(H,30,31,35). The van der Waals surface area contributed by atoms with Gasteiger partial charge in [0.1, 0.15) is 23.0 Å². The van der Waals surface area contributed by atoms with Crippen molar-refractivity contribution in [3.05, 3.63) is 95.4 Å². The van der Waals surface area contributed by atoms with E-state index in [1.165, 1.54) is 35.6 Å². The van der Waals surface area contributed by atoms with Crippen LogP contribution in [0.4, 0.5) is 13.9 Å². The third-order valence-corrected chi connectivity index (χ3v) is 6.93. The molecule has 2 heterocycles. The van der Waals surface area contributed by atoms with Gasteiger partial charge in [-0.2, -0.15) is 0 Å². The van der Waals surface area contributed by atoms with E-state index in [2.05, 4.69) is 25.5 Å². The molecule has 0 fully saturated rings. The maximum Gasteiger partial charge on any atom is 0.236 e. The van der Waals surface area contributed by atoms with Crippen LogP contribution in [0.2, 0.25) is 0 Å². The third-order valence-electron chi connectivity index (χ3n) is 5.33. The predicted molar refractivity (Wildman–Crippen MR) is 142 cm³/mol. The van der Waals surface area contributed by atoms with Crippen molar-refractivity contribution in [2.24, 2.45) is 0 Å². The van der Waals surface area contributed by atoms with Gasteiger partial charge in [0.15, 0.2) is 5.13 Å². The van der Waals surface area contributed by atoms with E-state index in [0.29, 0.717) is 27.6 Å². The maximum atomic E-state index is 13.5. The molecule has 0 saturated carbocycles. The summed E-state index contributed by atoms with van der Waals surface area (Å²) in [6, 6.07) is 19.6. The van der Waals surface area contributed by atoms with Gasteiger partial charge >= 0.3 is 0 Å². The van der Waals surface area contributed by atoms with Gasteiger partial charge in [0, 0.05) is 22.1 Å². The van der Waals surface area contributed by atoms with Crippen LogP contribution in [0.1, 0.15) is 5.56 Å². The van der Waals surface area contributed by atoms with Gasteiger partial charge < -0.3 is 5.32 Å². The highest BCUT2D eigenvalue weighted by atomic mass is 32.2. The van der Waals surface area contributed by atoms with Crippen LogP contribution in [-0.4, -0.2) is 31.8 Å². The predicted octanol–water partition coefficient (Wildman–Crippen LogP) is 6.65. The van der Waals surface area contributed by atoms with Crippen molar-refractivity contribution in [1.82, 2.24) is 20.2 Å². The van der Waals surface area contributed by atoms with Crippen LogP contribution in [0, 0.1) is 18.6 Å². The van der Waals surface area contributed by atoms with Crippen molar-refractivity contribution in [1.29, 1.82) is 0 Å². The van der Waals surface area contributed by atoms with Gasteiger partial charge in [-0.25, -0.2) is 18.7 Å². The van der Waals surface area contributed by atoms with Crippen LogP contribution in [0.3, 0.4) is 0 Å². The number of carbonyl (C=O) groups excluding carboxylic acids is 1. The van der Waals surface area contributed by atoms with Crippen LogP contribution in [0.5, 0.6) is 0 Å². The lowest BCUT2D eigenvalue weighted by molar-refractivity contribution is -0.113. The minimum atomic E-state index is -0.381. The highest BCUT2D eigenvalue weighted by Crippen LogP contribution is 2.30. The van der Waals surface area contributed by atoms with Crippen molar-refractivity contribution in [2.45, 2.75) is 12.1 Å². The van der Waals surface area contributed by atoms with E-state index in [4.69, 9.17) is 0 Å². The zero-order valence-corrected chi connectivity index (χ0v) is 21.1. The number of amides is 1. The van der Waals surface area contributed by atoms with E-state index in [0.717, 1.165) is 28.6 Å². The summed E-state index contributed by atoms with van der Waals surface area (Å²) in [5, 5.41) is 13.9. The molecule has 0 spiro atoms. The summed E-state index contributed by atoms with van der Waals surface area (Å²) < 4.78 is 26.9. The van der Waals surface area contributed by atoms with Gasteiger partial charge in [0.25, 0.3) is 0 Å². The van der Waals surface area contributed by atoms with Gasteiger partial charge in [-0.1, -0.05) is 41.6 Å². The van der Waals surface area contributed by atoms with E-state index >= 15 is 0 Å². The summed E-state index contributed by atoms with van der Waals surface area (Å²) in [4.78, 5) is 21.6. The van der Waals surface area contributed by atoms with Crippen LogP contribution >= 0.6 is 23.1 Å². The average Bonchev–Trinajstić information content (AvgIpc) is 3.37. The van der Waals surface area contributed by atoms with Gasteiger partial charge in [0.05, 0.1) is 11.4 Å². The third kappa shape index (κ3) is 6.04. The van der Waals surface area contributed by atoms with Crippen LogP contribution in [0.25, 0.3) is 33.8 Å². The molecule has 0 radical (unpaired) electrons. The van der Waals surface area contributed by atoms with Crippen LogP contribution in [-0.2, 0) is 4.79 Å². The summed E-state index contributed by atoms with van der Waals surface area (Å²) in [6.07, 6.45) is 0. The van der Waals surface area contributed by atoms with Crippen molar-refractivity contribution >= 4 is 34.1 Å². The zero-order valence-electron chi connectivity index (χ0n) is 19.5. The lowest BCUT2D eigenvalue weighted by Crippen LogP contribution is -2.14. The van der Waals surface area contributed by atoms with E-state index in [9.17, 15) is 13.6 Å². The second kappa shape index (κ2) is 10.9. The number of hydrogen-bond acceptors (Lipinski definition) is 7. The first-order valence-corrected chi connectivity index (χ1v) is 13.0. The maximum absolute atomic E-state index is 13.5. The highest BCUT2D eigenvalue weighted by molar-refractivity contribution is 7.99. The number of benzene rings is 3. The highest BCUT2D eigenvalue weighted by Gasteiger charge is 2.16. The Bertz CT molecular complexity index is 1540. The topological polar surface area (TPSA) is 80.7 Å². The molecule has 37 heavy (non-hydrogen) atoms. The summed E-state index contributed by atoms with van der Waals surface area (Å²) >= 11 is 2.46. The number of nitrogens with one attached hydrogen (secondary N) is 1. The second-order valence-corrected chi connectivity index (χ2v) is 9.85. The quantitative estimate of drug-likeness (QED) is 0.237. The Morgan fingerprint density at radius 3 is 2.05 bits per heavy atom. The molecule has 5 rings (SSSR count). The summed E-state index contributed by atoms with van der Waals surface area (Å²) in [5.74, 6) is -0.977. The Kier molecular flexibility index (Phi) is 7.29. The molecule has 0 aliphatic carbocycles. The van der Waals surface area contributed by atoms with Gasteiger partial charge in [-0.05, 0) is 55.5 Å². The first-order chi connectivity index (χ1) is 17.9. The molecular weight excluding hydrogens is 512 g/mol. The zero-order chi connectivity index (χ0) is 25.8. The lowest BCUT2D eigenvalue weighted by atomic mass is 10.0. The monoisotopic (exact) mass is 531 g/mol. The van der Waals surface area contributed by atoms with Crippen molar-refractivity contribution in [3.8, 4) is 33.8 Å². The molecule has 6 nitrogen and oxygen atoms in total. The number of rotatable bonds is 7. The Balaban J connectivity index is 1.31. The number of nitrogens with zero attached hydrogens (tertiary/aromatic N) is 4. The van der Waals surface area contributed by atoms with Gasteiger partial charge in [-0.3, -0.25) is 4.79 Å². The van der Waals surface area contributed by atoms with Crippen LogP contribution in [0.15, 0.2) is 83.3 Å². The van der Waals surface area contributed by atoms with E-state index in [-0.39, 0.29) is 28.5 Å². The number of aryl methyl sites for hydroxylation is 1. The second-order valence-electron chi connectivity index (χ2n) is 8.05. The van der Waals surface area contributed by atoms with Crippen LogP contribution < -0.4 is 5.32 Å².